The Morgan fingerprint density at radius 1 is 1.07 bits per heavy atom. The molecule has 0 saturated carbocycles. The fraction of sp³-hybridized carbons (Fsp3) is 0.100. The number of aromatic nitrogens is 2. The van der Waals surface area contributed by atoms with Crippen molar-refractivity contribution in [1.82, 2.24) is 9.97 Å². The maximum atomic E-state index is 12.5. The van der Waals surface area contributed by atoms with Gasteiger partial charge in [-0.15, -0.1) is 0 Å². The minimum atomic E-state index is -0.418. The van der Waals surface area contributed by atoms with E-state index in [-0.39, 0.29) is 17.5 Å². The molecule has 142 valence electrons. The number of esters is 1. The van der Waals surface area contributed by atoms with Crippen LogP contribution in [0.4, 0.5) is 17.3 Å². The van der Waals surface area contributed by atoms with E-state index in [0.29, 0.717) is 22.0 Å². The zero-order valence-electron chi connectivity index (χ0n) is 15.2. The molecule has 0 fully saturated rings. The van der Waals surface area contributed by atoms with Crippen LogP contribution in [0.1, 0.15) is 26.4 Å². The normalized spacial score (nSPS) is 10.2. The lowest BCUT2D eigenvalue weighted by Gasteiger charge is -2.10. The summed E-state index contributed by atoms with van der Waals surface area (Å²) in [6.07, 6.45) is 1.49. The van der Waals surface area contributed by atoms with Gasteiger partial charge in [-0.25, -0.2) is 14.8 Å². The Balaban J connectivity index is 1.72. The summed E-state index contributed by atoms with van der Waals surface area (Å²) in [6, 6.07) is 13.4. The first-order valence-corrected chi connectivity index (χ1v) is 8.70. The molecular weight excluding hydrogens is 380 g/mol. The Bertz CT molecular complexity index is 1020. The summed E-state index contributed by atoms with van der Waals surface area (Å²) in [5, 5.41) is 6.40. The predicted molar refractivity (Wildman–Crippen MR) is 107 cm³/mol. The van der Waals surface area contributed by atoms with Gasteiger partial charge in [-0.05, 0) is 61.0 Å². The van der Waals surface area contributed by atoms with Crippen LogP contribution in [-0.4, -0.2) is 29.0 Å². The Morgan fingerprint density at radius 2 is 1.82 bits per heavy atom. The molecule has 1 heterocycles. The molecule has 0 aliphatic heterocycles. The van der Waals surface area contributed by atoms with Crippen LogP contribution in [0, 0.1) is 6.92 Å². The number of nitrogens with one attached hydrogen (secondary N) is 2. The van der Waals surface area contributed by atoms with E-state index in [2.05, 4.69) is 25.3 Å². The number of hydrogen-bond acceptors (Lipinski definition) is 6. The monoisotopic (exact) mass is 396 g/mol. The number of hydrogen-bond donors (Lipinski definition) is 2. The number of anilines is 3. The third-order valence-corrected chi connectivity index (χ3v) is 4.12. The van der Waals surface area contributed by atoms with Crippen molar-refractivity contribution in [2.45, 2.75) is 6.92 Å². The van der Waals surface area contributed by atoms with Crippen LogP contribution >= 0.6 is 11.6 Å². The first-order valence-electron chi connectivity index (χ1n) is 8.32. The van der Waals surface area contributed by atoms with E-state index in [0.717, 1.165) is 5.56 Å². The molecule has 0 bridgehead atoms. The maximum Gasteiger partial charge on any atom is 0.337 e. The lowest BCUT2D eigenvalue weighted by atomic mass is 10.2. The van der Waals surface area contributed by atoms with Gasteiger partial charge in [0.15, 0.2) is 0 Å². The van der Waals surface area contributed by atoms with E-state index < -0.39 is 5.97 Å². The van der Waals surface area contributed by atoms with Gasteiger partial charge in [0, 0.05) is 22.6 Å². The van der Waals surface area contributed by atoms with Gasteiger partial charge >= 0.3 is 5.97 Å². The lowest BCUT2D eigenvalue weighted by molar-refractivity contribution is 0.0600. The fourth-order valence-corrected chi connectivity index (χ4v) is 2.66. The number of benzene rings is 2. The topological polar surface area (TPSA) is 93.2 Å². The molecule has 3 rings (SSSR count). The highest BCUT2D eigenvalue weighted by Gasteiger charge is 2.11. The van der Waals surface area contributed by atoms with Crippen LogP contribution in [0.2, 0.25) is 5.02 Å². The number of nitrogens with zero attached hydrogens (tertiary/aromatic N) is 2. The molecule has 7 nitrogen and oxygen atoms in total. The summed E-state index contributed by atoms with van der Waals surface area (Å²) in [7, 11) is 1.32. The van der Waals surface area contributed by atoms with Gasteiger partial charge in [0.25, 0.3) is 5.91 Å². The molecule has 28 heavy (non-hydrogen) atoms. The van der Waals surface area contributed by atoms with E-state index in [1.165, 1.54) is 19.4 Å². The first-order chi connectivity index (χ1) is 13.5. The van der Waals surface area contributed by atoms with Gasteiger partial charge in [-0.1, -0.05) is 11.6 Å². The zero-order valence-corrected chi connectivity index (χ0v) is 15.9. The molecule has 1 aromatic heterocycles. The van der Waals surface area contributed by atoms with Gasteiger partial charge in [0.2, 0.25) is 5.95 Å². The summed E-state index contributed by atoms with van der Waals surface area (Å²) in [6.45, 7) is 1.85. The second-order valence-corrected chi connectivity index (χ2v) is 6.31. The zero-order chi connectivity index (χ0) is 20.1. The highest BCUT2D eigenvalue weighted by atomic mass is 35.5. The van der Waals surface area contributed by atoms with Crippen LogP contribution in [0.15, 0.2) is 54.7 Å². The average molecular weight is 397 g/mol. The smallest absolute Gasteiger partial charge is 0.337 e. The summed E-state index contributed by atoms with van der Waals surface area (Å²) in [4.78, 5) is 32.3. The van der Waals surface area contributed by atoms with Gasteiger partial charge in [-0.2, -0.15) is 0 Å². The van der Waals surface area contributed by atoms with Crippen molar-refractivity contribution >= 4 is 40.8 Å². The van der Waals surface area contributed by atoms with Crippen LogP contribution in [0.3, 0.4) is 0 Å². The largest absolute Gasteiger partial charge is 0.465 e. The quantitative estimate of drug-likeness (QED) is 0.627. The molecule has 0 saturated heterocycles. The molecule has 8 heteroatoms. The molecule has 0 spiro atoms. The minimum absolute atomic E-state index is 0.207. The number of carbonyl (C=O) groups excluding carboxylic acids is 2. The second kappa shape index (κ2) is 8.49. The minimum Gasteiger partial charge on any atom is -0.465 e. The maximum absolute atomic E-state index is 12.5. The summed E-state index contributed by atoms with van der Waals surface area (Å²) in [5.41, 5.74) is 2.80. The van der Waals surface area contributed by atoms with Crippen LogP contribution in [0.25, 0.3) is 0 Å². The van der Waals surface area contributed by atoms with Gasteiger partial charge in [-0.3, -0.25) is 4.79 Å². The van der Waals surface area contributed by atoms with Crippen LogP contribution in [-0.2, 0) is 4.74 Å². The Hall–Kier alpha value is -3.45. The third kappa shape index (κ3) is 4.63. The Morgan fingerprint density at radius 3 is 2.50 bits per heavy atom. The van der Waals surface area contributed by atoms with Crippen molar-refractivity contribution in [3.8, 4) is 0 Å². The van der Waals surface area contributed by atoms with Crippen molar-refractivity contribution in [3.05, 3.63) is 76.6 Å². The number of amides is 1. The molecule has 0 unspecified atom stereocenters. The van der Waals surface area contributed by atoms with E-state index in [4.69, 9.17) is 11.6 Å². The fourth-order valence-electron chi connectivity index (χ4n) is 2.44. The molecule has 0 atom stereocenters. The van der Waals surface area contributed by atoms with Crippen LogP contribution < -0.4 is 10.6 Å². The SMILES string of the molecule is COC(=O)c1ccc(Nc2nccc(C(=O)Nc3ccc(Cl)cc3C)n2)cc1. The highest BCUT2D eigenvalue weighted by molar-refractivity contribution is 6.30. The predicted octanol–water partition coefficient (Wildman–Crippen LogP) is 4.22. The summed E-state index contributed by atoms with van der Waals surface area (Å²) in [5.74, 6) is -0.526. The molecule has 2 aromatic carbocycles. The number of halogens is 1. The number of aryl methyl sites for hydroxylation is 1. The van der Waals surface area contributed by atoms with E-state index in [1.54, 1.807) is 42.5 Å². The second-order valence-electron chi connectivity index (χ2n) is 5.87. The average Bonchev–Trinajstić information content (AvgIpc) is 2.70. The molecule has 1 amide bonds. The van der Waals surface area contributed by atoms with Crippen molar-refractivity contribution < 1.29 is 14.3 Å². The van der Waals surface area contributed by atoms with Crippen molar-refractivity contribution in [2.24, 2.45) is 0 Å². The summed E-state index contributed by atoms with van der Waals surface area (Å²) < 4.78 is 4.66. The molecular formula is C20H17ClN4O3. The number of ether oxygens (including phenoxy) is 1. The van der Waals surface area contributed by atoms with E-state index in [1.807, 2.05) is 6.92 Å². The Labute approximate surface area is 166 Å². The molecule has 0 aliphatic rings. The van der Waals surface area contributed by atoms with Crippen molar-refractivity contribution in [2.75, 3.05) is 17.7 Å². The van der Waals surface area contributed by atoms with Crippen molar-refractivity contribution in [1.29, 1.82) is 0 Å². The standard InChI is InChI=1S/C20H17ClN4O3/c1-12-11-14(21)5-8-16(12)24-18(26)17-9-10-22-20(25-17)23-15-6-3-13(4-7-15)19(27)28-2/h3-11H,1-2H3,(H,24,26)(H,22,23,25). The van der Waals surface area contributed by atoms with Gasteiger partial charge in [0.05, 0.1) is 12.7 Å². The third-order valence-electron chi connectivity index (χ3n) is 3.89. The molecule has 0 radical (unpaired) electrons. The number of carbonyl (C=O) groups is 2. The Kier molecular flexibility index (Phi) is 5.86. The molecule has 0 aliphatic carbocycles. The highest BCUT2D eigenvalue weighted by Crippen LogP contribution is 2.20. The molecule has 2 N–H and O–H groups in total. The summed E-state index contributed by atoms with van der Waals surface area (Å²) >= 11 is 5.94. The van der Waals surface area contributed by atoms with Gasteiger partial charge in [0.1, 0.15) is 5.69 Å². The van der Waals surface area contributed by atoms with Crippen molar-refractivity contribution in [3.63, 3.8) is 0 Å². The van der Waals surface area contributed by atoms with Gasteiger partial charge < -0.3 is 15.4 Å². The van der Waals surface area contributed by atoms with E-state index in [9.17, 15) is 9.59 Å². The number of methoxy groups -OCH3 is 1. The first kappa shape index (κ1) is 19.3. The molecule has 3 aromatic rings. The van der Waals surface area contributed by atoms with Crippen LogP contribution in [0.5, 0.6) is 0 Å². The number of rotatable bonds is 5. The van der Waals surface area contributed by atoms with E-state index >= 15 is 0 Å². The lowest BCUT2D eigenvalue weighted by Crippen LogP contribution is -2.15.